The van der Waals surface area contributed by atoms with E-state index in [2.05, 4.69) is 45.7 Å². The smallest absolute Gasteiger partial charge is 0.0302 e. The van der Waals surface area contributed by atoms with Crippen molar-refractivity contribution in [3.8, 4) is 0 Å². The highest BCUT2D eigenvalue weighted by atomic mass is 79.9. The molecule has 0 aliphatic rings. The number of halogens is 1. The Kier molecular flexibility index (Phi) is 4.88. The van der Waals surface area contributed by atoms with Gasteiger partial charge in [-0.05, 0) is 24.8 Å². The summed E-state index contributed by atoms with van der Waals surface area (Å²) in [4.78, 5) is 1.41. The van der Waals surface area contributed by atoms with Crippen LogP contribution in [0.1, 0.15) is 18.2 Å². The third-order valence-corrected chi connectivity index (χ3v) is 3.08. The number of nitrogens with one attached hydrogen (secondary N) is 1. The number of thiophene rings is 1. The highest BCUT2D eigenvalue weighted by Crippen LogP contribution is 2.08. The second kappa shape index (κ2) is 5.73. The molecular weight excluding hydrogens is 234 g/mol. The monoisotopic (exact) mass is 247 g/mol. The van der Waals surface area contributed by atoms with Gasteiger partial charge in [-0.15, -0.1) is 11.3 Å². The van der Waals surface area contributed by atoms with Crippen LogP contribution in [0.15, 0.2) is 17.5 Å². The second-order valence-corrected chi connectivity index (χ2v) is 4.66. The first-order valence-electron chi connectivity index (χ1n) is 4.14. The number of rotatable bonds is 5. The Morgan fingerprint density at radius 2 is 2.50 bits per heavy atom. The molecule has 0 spiro atoms. The zero-order chi connectivity index (χ0) is 8.81. The standard InChI is InChI=1S/C9H14BrNS/c1-8(4-5-10)11-7-9-3-2-6-12-9/h2-3,6,8,11H,4-5,7H2,1H3. The number of hydrogen-bond acceptors (Lipinski definition) is 2. The Morgan fingerprint density at radius 3 is 3.08 bits per heavy atom. The van der Waals surface area contributed by atoms with Crippen molar-refractivity contribution in [1.29, 1.82) is 0 Å². The van der Waals surface area contributed by atoms with Gasteiger partial charge in [0.1, 0.15) is 0 Å². The van der Waals surface area contributed by atoms with Gasteiger partial charge in [0.25, 0.3) is 0 Å². The van der Waals surface area contributed by atoms with Crippen LogP contribution in [0.5, 0.6) is 0 Å². The molecule has 0 aliphatic carbocycles. The predicted octanol–water partition coefficient (Wildman–Crippen LogP) is 3.01. The molecule has 1 unspecified atom stereocenters. The summed E-state index contributed by atoms with van der Waals surface area (Å²) in [6.07, 6.45) is 1.19. The summed E-state index contributed by atoms with van der Waals surface area (Å²) in [5.74, 6) is 0. The van der Waals surface area contributed by atoms with Crippen LogP contribution in [0.25, 0.3) is 0 Å². The Hall–Kier alpha value is 0.140. The van der Waals surface area contributed by atoms with Crippen LogP contribution in [-0.4, -0.2) is 11.4 Å². The summed E-state index contributed by atoms with van der Waals surface area (Å²) in [7, 11) is 0. The van der Waals surface area contributed by atoms with E-state index in [9.17, 15) is 0 Å². The summed E-state index contributed by atoms with van der Waals surface area (Å²) < 4.78 is 0. The molecule has 3 heteroatoms. The lowest BCUT2D eigenvalue weighted by molar-refractivity contribution is 0.542. The molecule has 1 N–H and O–H groups in total. The molecule has 0 aliphatic heterocycles. The van der Waals surface area contributed by atoms with E-state index in [0.29, 0.717) is 6.04 Å². The van der Waals surface area contributed by atoms with Crippen LogP contribution in [0.2, 0.25) is 0 Å². The summed E-state index contributed by atoms with van der Waals surface area (Å²) in [6.45, 7) is 3.22. The van der Waals surface area contributed by atoms with Gasteiger partial charge in [-0.3, -0.25) is 0 Å². The molecule has 1 nitrogen and oxygen atoms in total. The summed E-state index contributed by atoms with van der Waals surface area (Å²) in [6, 6.07) is 4.86. The van der Waals surface area contributed by atoms with Gasteiger partial charge >= 0.3 is 0 Å². The van der Waals surface area contributed by atoms with Crippen LogP contribution >= 0.6 is 27.3 Å². The summed E-state index contributed by atoms with van der Waals surface area (Å²) >= 11 is 5.24. The highest BCUT2D eigenvalue weighted by molar-refractivity contribution is 9.09. The van der Waals surface area contributed by atoms with Gasteiger partial charge in [-0.2, -0.15) is 0 Å². The molecule has 68 valence electrons. The lowest BCUT2D eigenvalue weighted by atomic mass is 10.2. The fourth-order valence-electron chi connectivity index (χ4n) is 0.954. The minimum absolute atomic E-state index is 0.603. The zero-order valence-electron chi connectivity index (χ0n) is 7.22. The first-order valence-corrected chi connectivity index (χ1v) is 6.14. The van der Waals surface area contributed by atoms with Crippen LogP contribution in [-0.2, 0) is 6.54 Å². The maximum absolute atomic E-state index is 3.47. The average Bonchev–Trinajstić information content (AvgIpc) is 2.53. The van der Waals surface area contributed by atoms with E-state index in [4.69, 9.17) is 0 Å². The lowest BCUT2D eigenvalue weighted by Gasteiger charge is -2.10. The van der Waals surface area contributed by atoms with Crippen molar-refractivity contribution in [2.75, 3.05) is 5.33 Å². The predicted molar refractivity (Wildman–Crippen MR) is 59.0 cm³/mol. The van der Waals surface area contributed by atoms with E-state index in [1.165, 1.54) is 11.3 Å². The van der Waals surface area contributed by atoms with Crippen LogP contribution in [0.3, 0.4) is 0 Å². The van der Waals surface area contributed by atoms with Crippen molar-refractivity contribution in [3.63, 3.8) is 0 Å². The van der Waals surface area contributed by atoms with Crippen molar-refractivity contribution in [3.05, 3.63) is 22.4 Å². The maximum atomic E-state index is 3.47. The van der Waals surface area contributed by atoms with Gasteiger partial charge in [0.05, 0.1) is 0 Å². The molecule has 1 atom stereocenters. The van der Waals surface area contributed by atoms with E-state index in [1.807, 2.05) is 11.3 Å². The summed E-state index contributed by atoms with van der Waals surface area (Å²) in [5, 5.41) is 6.66. The molecule has 0 bridgehead atoms. The molecule has 0 radical (unpaired) electrons. The molecule has 1 aromatic rings. The van der Waals surface area contributed by atoms with Crippen molar-refractivity contribution in [1.82, 2.24) is 5.32 Å². The molecular formula is C9H14BrNS. The SMILES string of the molecule is CC(CCBr)NCc1cccs1. The van der Waals surface area contributed by atoms with E-state index in [1.54, 1.807) is 0 Å². The number of alkyl halides is 1. The zero-order valence-corrected chi connectivity index (χ0v) is 9.62. The fraction of sp³-hybridized carbons (Fsp3) is 0.556. The second-order valence-electron chi connectivity index (χ2n) is 2.84. The van der Waals surface area contributed by atoms with Gasteiger partial charge in [0, 0.05) is 22.8 Å². The Morgan fingerprint density at radius 1 is 1.67 bits per heavy atom. The third-order valence-electron chi connectivity index (χ3n) is 1.75. The minimum Gasteiger partial charge on any atom is -0.309 e. The van der Waals surface area contributed by atoms with Crippen molar-refractivity contribution in [2.24, 2.45) is 0 Å². The summed E-state index contributed by atoms with van der Waals surface area (Å²) in [5.41, 5.74) is 0. The van der Waals surface area contributed by atoms with Crippen LogP contribution in [0, 0.1) is 0 Å². The van der Waals surface area contributed by atoms with Crippen LogP contribution in [0.4, 0.5) is 0 Å². The van der Waals surface area contributed by atoms with E-state index in [0.717, 1.165) is 11.9 Å². The Balaban J connectivity index is 2.17. The molecule has 12 heavy (non-hydrogen) atoms. The first-order chi connectivity index (χ1) is 5.83. The molecule has 1 aromatic heterocycles. The molecule has 0 saturated carbocycles. The molecule has 0 saturated heterocycles. The minimum atomic E-state index is 0.603. The van der Waals surface area contributed by atoms with E-state index < -0.39 is 0 Å². The van der Waals surface area contributed by atoms with Crippen molar-refractivity contribution < 1.29 is 0 Å². The van der Waals surface area contributed by atoms with Gasteiger partial charge in [0.2, 0.25) is 0 Å². The molecule has 1 heterocycles. The third kappa shape index (κ3) is 3.70. The molecule has 0 amide bonds. The van der Waals surface area contributed by atoms with E-state index in [-0.39, 0.29) is 0 Å². The normalized spacial score (nSPS) is 13.2. The highest BCUT2D eigenvalue weighted by Gasteiger charge is 1.99. The van der Waals surface area contributed by atoms with Gasteiger partial charge in [-0.25, -0.2) is 0 Å². The molecule has 0 fully saturated rings. The maximum Gasteiger partial charge on any atom is 0.0302 e. The average molecular weight is 248 g/mol. The number of hydrogen-bond donors (Lipinski definition) is 1. The topological polar surface area (TPSA) is 12.0 Å². The molecule has 1 rings (SSSR count). The van der Waals surface area contributed by atoms with Crippen molar-refractivity contribution >= 4 is 27.3 Å². The van der Waals surface area contributed by atoms with Gasteiger partial charge in [0.15, 0.2) is 0 Å². The van der Waals surface area contributed by atoms with Gasteiger partial charge in [-0.1, -0.05) is 22.0 Å². The van der Waals surface area contributed by atoms with Gasteiger partial charge < -0.3 is 5.32 Å². The van der Waals surface area contributed by atoms with Crippen LogP contribution < -0.4 is 5.32 Å². The molecule has 0 aromatic carbocycles. The quantitative estimate of drug-likeness (QED) is 0.790. The largest absolute Gasteiger partial charge is 0.309 e. The Labute approximate surface area is 86.3 Å². The Bertz CT molecular complexity index is 198. The van der Waals surface area contributed by atoms with Crippen molar-refractivity contribution in [2.45, 2.75) is 25.9 Å². The fourth-order valence-corrected chi connectivity index (χ4v) is 2.30. The van der Waals surface area contributed by atoms with E-state index >= 15 is 0 Å². The first kappa shape index (κ1) is 10.2. The lowest BCUT2D eigenvalue weighted by Crippen LogP contribution is -2.25.